The Morgan fingerprint density at radius 2 is 1.06 bits per heavy atom. The third-order valence-electron chi connectivity index (χ3n) is 6.61. The topological polar surface area (TPSA) is 66.8 Å². The molecule has 4 nitrogen and oxygen atoms in total. The van der Waals surface area contributed by atoms with Gasteiger partial charge in [0.2, 0.25) is 0 Å². The number of ether oxygens (including phenoxy) is 1. The highest BCUT2D eigenvalue weighted by molar-refractivity contribution is 6.04. The summed E-state index contributed by atoms with van der Waals surface area (Å²) < 4.78 is 5.93. The average molecular weight is 477 g/mol. The summed E-state index contributed by atoms with van der Waals surface area (Å²) in [7, 11) is 0. The predicted molar refractivity (Wildman–Crippen MR) is 143 cm³/mol. The number of ketones is 1. The number of hydrogen-bond donors (Lipinski definition) is 2. The highest BCUT2D eigenvalue weighted by atomic mass is 16.5. The Hall–Kier alpha value is -1.39. The lowest BCUT2D eigenvalue weighted by Crippen LogP contribution is -2.32. The van der Waals surface area contributed by atoms with E-state index in [-0.39, 0.29) is 5.78 Å². The van der Waals surface area contributed by atoms with Crippen molar-refractivity contribution in [1.29, 1.82) is 0 Å². The maximum atomic E-state index is 12.5. The van der Waals surface area contributed by atoms with Crippen LogP contribution in [-0.2, 0) is 0 Å². The zero-order valence-electron chi connectivity index (χ0n) is 22.6. The van der Waals surface area contributed by atoms with Crippen molar-refractivity contribution >= 4 is 5.78 Å². The molecule has 0 aliphatic heterocycles. The number of aliphatic hydroxyl groups excluding tert-OH is 1. The van der Waals surface area contributed by atoms with E-state index >= 15 is 0 Å². The van der Waals surface area contributed by atoms with Crippen molar-refractivity contribution < 1.29 is 19.7 Å². The van der Waals surface area contributed by atoms with E-state index in [0.29, 0.717) is 18.8 Å². The molecule has 4 heteroatoms. The van der Waals surface area contributed by atoms with Crippen molar-refractivity contribution in [2.24, 2.45) is 0 Å². The summed E-state index contributed by atoms with van der Waals surface area (Å²) in [4.78, 5) is 12.5. The summed E-state index contributed by atoms with van der Waals surface area (Å²) in [6.07, 6.45) is 20.6. The number of Topliss-reactive ketones (excluding diaryl/α,β-unsaturated/α-hetero) is 1. The van der Waals surface area contributed by atoms with Crippen molar-refractivity contribution in [3.63, 3.8) is 0 Å². The fourth-order valence-electron chi connectivity index (χ4n) is 4.55. The first kappa shape index (κ1) is 30.6. The molecule has 0 fully saturated rings. The average Bonchev–Trinajstić information content (AvgIpc) is 2.77. The molecule has 1 aromatic carbocycles. The summed E-state index contributed by atoms with van der Waals surface area (Å²) in [6.45, 7) is 7.93. The van der Waals surface area contributed by atoms with Crippen LogP contribution >= 0.6 is 0 Å². The first-order valence-corrected chi connectivity index (χ1v) is 13.9. The molecule has 0 amide bonds. The van der Waals surface area contributed by atoms with Crippen LogP contribution in [0.25, 0.3) is 0 Å². The molecule has 0 aliphatic carbocycles. The van der Waals surface area contributed by atoms with E-state index in [4.69, 9.17) is 9.84 Å². The van der Waals surface area contributed by atoms with E-state index < -0.39 is 5.60 Å². The van der Waals surface area contributed by atoms with Gasteiger partial charge in [-0.2, -0.15) is 0 Å². The Kier molecular flexibility index (Phi) is 16.2. The minimum absolute atomic E-state index is 0.240. The van der Waals surface area contributed by atoms with Gasteiger partial charge in [0.25, 0.3) is 0 Å². The van der Waals surface area contributed by atoms with Crippen molar-refractivity contribution in [1.82, 2.24) is 0 Å². The fourth-order valence-corrected chi connectivity index (χ4v) is 4.55. The van der Waals surface area contributed by atoms with Gasteiger partial charge in [-0.05, 0) is 63.8 Å². The second-order valence-electron chi connectivity index (χ2n) is 10.5. The van der Waals surface area contributed by atoms with Crippen LogP contribution in [0.5, 0.6) is 5.75 Å². The number of aryl methyl sites for hydroxylation is 2. The molecule has 0 unspecified atom stereocenters. The van der Waals surface area contributed by atoms with E-state index in [1.165, 1.54) is 104 Å². The van der Waals surface area contributed by atoms with E-state index in [0.717, 1.165) is 29.7 Å². The monoisotopic (exact) mass is 476 g/mol. The van der Waals surface area contributed by atoms with Gasteiger partial charge in [0.1, 0.15) is 11.4 Å². The molecule has 34 heavy (non-hydrogen) atoms. The molecule has 0 aromatic heterocycles. The quantitative estimate of drug-likeness (QED) is 0.140. The number of aliphatic hydroxyl groups is 2. The van der Waals surface area contributed by atoms with Gasteiger partial charge >= 0.3 is 0 Å². The molecule has 0 heterocycles. The first-order valence-electron chi connectivity index (χ1n) is 13.9. The van der Waals surface area contributed by atoms with Gasteiger partial charge in [0, 0.05) is 12.2 Å². The van der Waals surface area contributed by atoms with Gasteiger partial charge in [0.05, 0.1) is 6.61 Å². The van der Waals surface area contributed by atoms with Gasteiger partial charge in [0.15, 0.2) is 5.78 Å². The van der Waals surface area contributed by atoms with Crippen LogP contribution in [0.3, 0.4) is 0 Å². The molecular formula is C30H52O4. The Balaban J connectivity index is 2.00. The SMILES string of the molecule is Cc1cc(OCCCCCCCCCCCCCCCCCCO)cc(C)c1C(=O)C(C)(C)O. The van der Waals surface area contributed by atoms with Gasteiger partial charge in [-0.15, -0.1) is 0 Å². The first-order chi connectivity index (χ1) is 16.3. The fraction of sp³-hybridized carbons (Fsp3) is 0.767. The van der Waals surface area contributed by atoms with Gasteiger partial charge in [-0.1, -0.05) is 89.9 Å². The van der Waals surface area contributed by atoms with Crippen LogP contribution in [0.4, 0.5) is 0 Å². The summed E-state index contributed by atoms with van der Waals surface area (Å²) in [5, 5.41) is 18.8. The number of rotatable bonds is 21. The predicted octanol–water partition coefficient (Wildman–Crippen LogP) is 7.87. The molecular weight excluding hydrogens is 424 g/mol. The van der Waals surface area contributed by atoms with Crippen molar-refractivity contribution in [3.8, 4) is 5.75 Å². The smallest absolute Gasteiger partial charge is 0.194 e. The molecule has 0 saturated heterocycles. The molecule has 1 rings (SSSR count). The molecule has 2 N–H and O–H groups in total. The van der Waals surface area contributed by atoms with Gasteiger partial charge in [-0.25, -0.2) is 0 Å². The second kappa shape index (κ2) is 18.0. The van der Waals surface area contributed by atoms with Gasteiger partial charge < -0.3 is 14.9 Å². The van der Waals surface area contributed by atoms with Crippen molar-refractivity contribution in [3.05, 3.63) is 28.8 Å². The molecule has 0 radical (unpaired) electrons. The lowest BCUT2D eigenvalue weighted by Gasteiger charge is -2.19. The van der Waals surface area contributed by atoms with Gasteiger partial charge in [-0.3, -0.25) is 4.79 Å². The largest absolute Gasteiger partial charge is 0.494 e. The Labute approximate surface area is 209 Å². The van der Waals surface area contributed by atoms with E-state index in [1.807, 2.05) is 26.0 Å². The lowest BCUT2D eigenvalue weighted by molar-refractivity contribution is 0.0486. The number of hydrogen-bond acceptors (Lipinski definition) is 4. The highest BCUT2D eigenvalue weighted by Crippen LogP contribution is 2.26. The Morgan fingerprint density at radius 1 is 0.706 bits per heavy atom. The minimum Gasteiger partial charge on any atom is -0.494 e. The van der Waals surface area contributed by atoms with E-state index in [1.54, 1.807) is 0 Å². The molecule has 1 aromatic rings. The van der Waals surface area contributed by atoms with Crippen LogP contribution in [-0.4, -0.2) is 34.8 Å². The minimum atomic E-state index is -1.36. The van der Waals surface area contributed by atoms with Crippen LogP contribution in [0.1, 0.15) is 138 Å². The maximum Gasteiger partial charge on any atom is 0.194 e. The molecule has 0 saturated carbocycles. The lowest BCUT2D eigenvalue weighted by atomic mass is 9.90. The van der Waals surface area contributed by atoms with Crippen LogP contribution < -0.4 is 4.74 Å². The van der Waals surface area contributed by atoms with E-state index in [9.17, 15) is 9.90 Å². The summed E-state index contributed by atoms with van der Waals surface area (Å²) in [5.74, 6) is 0.569. The summed E-state index contributed by atoms with van der Waals surface area (Å²) >= 11 is 0. The van der Waals surface area contributed by atoms with Crippen LogP contribution in [0.2, 0.25) is 0 Å². The molecule has 196 valence electrons. The standard InChI is InChI=1S/C30H52O4/c1-25-23-27(24-26(2)28(25)29(32)30(3,4)33)34-22-20-18-16-14-12-10-8-6-5-7-9-11-13-15-17-19-21-31/h23-24,31,33H,5-22H2,1-4H3. The number of carbonyl (C=O) groups excluding carboxylic acids is 1. The highest BCUT2D eigenvalue weighted by Gasteiger charge is 2.28. The number of benzene rings is 1. The second-order valence-corrected chi connectivity index (χ2v) is 10.5. The third-order valence-corrected chi connectivity index (χ3v) is 6.61. The Morgan fingerprint density at radius 3 is 1.41 bits per heavy atom. The molecule has 0 spiro atoms. The molecule has 0 atom stereocenters. The molecule has 0 aliphatic rings. The summed E-state index contributed by atoms with van der Waals surface area (Å²) in [6, 6.07) is 3.82. The van der Waals surface area contributed by atoms with Crippen LogP contribution in [0.15, 0.2) is 12.1 Å². The Bertz CT molecular complexity index is 652. The van der Waals surface area contributed by atoms with E-state index in [2.05, 4.69) is 0 Å². The summed E-state index contributed by atoms with van der Waals surface area (Å²) in [5.41, 5.74) is 0.956. The zero-order valence-corrected chi connectivity index (χ0v) is 22.6. The zero-order chi connectivity index (χ0) is 25.2. The third kappa shape index (κ3) is 13.5. The number of carbonyl (C=O) groups is 1. The number of unbranched alkanes of at least 4 members (excludes halogenated alkanes) is 15. The maximum absolute atomic E-state index is 12.5. The molecule has 0 bridgehead atoms. The normalized spacial score (nSPS) is 11.7. The van der Waals surface area contributed by atoms with Crippen LogP contribution in [0, 0.1) is 13.8 Å². The van der Waals surface area contributed by atoms with Crippen molar-refractivity contribution in [2.45, 2.75) is 136 Å². The van der Waals surface area contributed by atoms with Crippen molar-refractivity contribution in [2.75, 3.05) is 13.2 Å².